The molecule has 1 fully saturated rings. The van der Waals surface area contributed by atoms with E-state index in [1.807, 2.05) is 0 Å². The van der Waals surface area contributed by atoms with Crippen molar-refractivity contribution in [3.8, 4) is 0 Å². The van der Waals surface area contributed by atoms with Gasteiger partial charge in [-0.1, -0.05) is 13.3 Å². The molecule has 0 radical (unpaired) electrons. The first-order valence-corrected chi connectivity index (χ1v) is 5.73. The molecule has 1 aliphatic rings. The van der Waals surface area contributed by atoms with Crippen molar-refractivity contribution in [2.45, 2.75) is 38.6 Å². The molecule has 0 aliphatic carbocycles. The topological polar surface area (TPSA) is 47.3 Å². The van der Waals surface area contributed by atoms with Gasteiger partial charge in [-0.3, -0.25) is 0 Å². The Hall–Kier alpha value is -0.120. The minimum Gasteiger partial charge on any atom is -0.379 e. The minimum atomic E-state index is 0.215. The van der Waals surface area contributed by atoms with Crippen molar-refractivity contribution in [2.24, 2.45) is 11.7 Å². The van der Waals surface area contributed by atoms with E-state index in [1.165, 1.54) is 12.8 Å². The lowest BCUT2D eigenvalue weighted by Crippen LogP contribution is -2.43. The van der Waals surface area contributed by atoms with Crippen LogP contribution in [0, 0.1) is 5.92 Å². The summed E-state index contributed by atoms with van der Waals surface area (Å²) in [6, 6.07) is 0. The first-order chi connectivity index (χ1) is 6.70. The standard InChI is InChI=1S/C11H24N2O/c1-3-10(8-12)4-6-13-11(2)5-7-14-9-11/h10,13H,3-9,12H2,1-2H3. The zero-order valence-corrected chi connectivity index (χ0v) is 9.51. The zero-order chi connectivity index (χ0) is 10.4. The van der Waals surface area contributed by atoms with Crippen LogP contribution in [0.3, 0.4) is 0 Å². The largest absolute Gasteiger partial charge is 0.379 e. The number of hydrogen-bond acceptors (Lipinski definition) is 3. The van der Waals surface area contributed by atoms with Crippen molar-refractivity contribution in [3.05, 3.63) is 0 Å². The normalized spacial score (nSPS) is 29.4. The van der Waals surface area contributed by atoms with Gasteiger partial charge in [-0.05, 0) is 38.8 Å². The Morgan fingerprint density at radius 2 is 2.36 bits per heavy atom. The lowest BCUT2D eigenvalue weighted by atomic mass is 9.99. The van der Waals surface area contributed by atoms with Crippen molar-refractivity contribution in [3.63, 3.8) is 0 Å². The lowest BCUT2D eigenvalue weighted by molar-refractivity contribution is 0.171. The van der Waals surface area contributed by atoms with Crippen molar-refractivity contribution in [2.75, 3.05) is 26.3 Å². The molecule has 0 aromatic rings. The summed E-state index contributed by atoms with van der Waals surface area (Å²) in [5.74, 6) is 0.674. The van der Waals surface area contributed by atoms with Gasteiger partial charge in [0.25, 0.3) is 0 Å². The summed E-state index contributed by atoms with van der Waals surface area (Å²) in [7, 11) is 0. The Labute approximate surface area is 87.4 Å². The summed E-state index contributed by atoms with van der Waals surface area (Å²) in [6.45, 7) is 8.08. The van der Waals surface area contributed by atoms with Crippen LogP contribution in [-0.4, -0.2) is 31.8 Å². The van der Waals surface area contributed by atoms with Crippen LogP contribution in [-0.2, 0) is 4.74 Å². The molecule has 0 saturated carbocycles. The molecule has 1 heterocycles. The van der Waals surface area contributed by atoms with E-state index in [1.54, 1.807) is 0 Å². The van der Waals surface area contributed by atoms with Gasteiger partial charge >= 0.3 is 0 Å². The van der Waals surface area contributed by atoms with Crippen LogP contribution in [0.1, 0.15) is 33.1 Å². The van der Waals surface area contributed by atoms with E-state index < -0.39 is 0 Å². The second kappa shape index (κ2) is 5.69. The smallest absolute Gasteiger partial charge is 0.0646 e. The molecule has 14 heavy (non-hydrogen) atoms. The van der Waals surface area contributed by atoms with E-state index in [4.69, 9.17) is 10.5 Å². The maximum atomic E-state index is 5.66. The van der Waals surface area contributed by atoms with Crippen LogP contribution in [0.5, 0.6) is 0 Å². The highest BCUT2D eigenvalue weighted by Gasteiger charge is 2.28. The molecule has 1 rings (SSSR count). The number of hydrogen-bond donors (Lipinski definition) is 2. The zero-order valence-electron chi connectivity index (χ0n) is 9.51. The quantitative estimate of drug-likeness (QED) is 0.675. The maximum Gasteiger partial charge on any atom is 0.0646 e. The molecule has 2 atom stereocenters. The van der Waals surface area contributed by atoms with Crippen molar-refractivity contribution >= 4 is 0 Å². The first-order valence-electron chi connectivity index (χ1n) is 5.73. The van der Waals surface area contributed by atoms with Gasteiger partial charge in [-0.25, -0.2) is 0 Å². The molecule has 0 aromatic heterocycles. The number of rotatable bonds is 6. The van der Waals surface area contributed by atoms with E-state index in [0.717, 1.165) is 32.7 Å². The minimum absolute atomic E-state index is 0.215. The molecule has 2 unspecified atom stereocenters. The fraction of sp³-hybridized carbons (Fsp3) is 1.00. The summed E-state index contributed by atoms with van der Waals surface area (Å²) >= 11 is 0. The molecule has 84 valence electrons. The van der Waals surface area contributed by atoms with Crippen LogP contribution in [0.2, 0.25) is 0 Å². The molecule has 1 saturated heterocycles. The van der Waals surface area contributed by atoms with Crippen LogP contribution in [0.25, 0.3) is 0 Å². The predicted molar refractivity (Wildman–Crippen MR) is 59.3 cm³/mol. The van der Waals surface area contributed by atoms with Gasteiger partial charge in [0.1, 0.15) is 0 Å². The van der Waals surface area contributed by atoms with Gasteiger partial charge in [0.05, 0.1) is 6.61 Å². The van der Waals surface area contributed by atoms with E-state index >= 15 is 0 Å². The molecule has 0 amide bonds. The number of nitrogens with two attached hydrogens (primary N) is 1. The Morgan fingerprint density at radius 3 is 2.86 bits per heavy atom. The third kappa shape index (κ3) is 3.56. The molecule has 0 spiro atoms. The fourth-order valence-corrected chi connectivity index (χ4v) is 1.87. The van der Waals surface area contributed by atoms with Crippen LogP contribution in [0.15, 0.2) is 0 Å². The Bertz CT molecular complexity index is 151. The summed E-state index contributed by atoms with van der Waals surface area (Å²) in [4.78, 5) is 0. The Balaban J connectivity index is 2.13. The van der Waals surface area contributed by atoms with Crippen molar-refractivity contribution in [1.82, 2.24) is 5.32 Å². The summed E-state index contributed by atoms with van der Waals surface area (Å²) < 4.78 is 5.38. The highest BCUT2D eigenvalue weighted by molar-refractivity contribution is 4.86. The second-order valence-corrected chi connectivity index (χ2v) is 4.59. The molecule has 3 heteroatoms. The van der Waals surface area contributed by atoms with E-state index in [2.05, 4.69) is 19.2 Å². The maximum absolute atomic E-state index is 5.66. The van der Waals surface area contributed by atoms with E-state index in [0.29, 0.717) is 5.92 Å². The SMILES string of the molecule is CCC(CN)CCNC1(C)CCOC1. The van der Waals surface area contributed by atoms with E-state index in [9.17, 15) is 0 Å². The van der Waals surface area contributed by atoms with Crippen molar-refractivity contribution < 1.29 is 4.74 Å². The van der Waals surface area contributed by atoms with Crippen LogP contribution in [0.4, 0.5) is 0 Å². The third-order valence-corrected chi connectivity index (χ3v) is 3.23. The first kappa shape index (κ1) is 12.0. The number of ether oxygens (including phenoxy) is 1. The summed E-state index contributed by atoms with van der Waals surface area (Å²) in [5, 5.41) is 3.58. The van der Waals surface area contributed by atoms with Gasteiger partial charge in [-0.15, -0.1) is 0 Å². The third-order valence-electron chi connectivity index (χ3n) is 3.23. The average molecular weight is 200 g/mol. The highest BCUT2D eigenvalue weighted by Crippen LogP contribution is 2.17. The van der Waals surface area contributed by atoms with Crippen molar-refractivity contribution in [1.29, 1.82) is 0 Å². The summed E-state index contributed by atoms with van der Waals surface area (Å²) in [6.07, 6.45) is 3.50. The average Bonchev–Trinajstić information content (AvgIpc) is 2.60. The molecule has 3 N–H and O–H groups in total. The fourth-order valence-electron chi connectivity index (χ4n) is 1.87. The number of nitrogens with one attached hydrogen (secondary N) is 1. The van der Waals surface area contributed by atoms with Gasteiger partial charge in [0.2, 0.25) is 0 Å². The monoisotopic (exact) mass is 200 g/mol. The predicted octanol–water partition coefficient (Wildman–Crippen LogP) is 1.13. The second-order valence-electron chi connectivity index (χ2n) is 4.59. The molecule has 3 nitrogen and oxygen atoms in total. The van der Waals surface area contributed by atoms with Gasteiger partial charge in [0, 0.05) is 12.1 Å². The lowest BCUT2D eigenvalue weighted by Gasteiger charge is -2.24. The van der Waals surface area contributed by atoms with Crippen LogP contribution < -0.4 is 11.1 Å². The van der Waals surface area contributed by atoms with E-state index in [-0.39, 0.29) is 5.54 Å². The van der Waals surface area contributed by atoms with Crippen LogP contribution >= 0.6 is 0 Å². The highest BCUT2D eigenvalue weighted by atomic mass is 16.5. The van der Waals surface area contributed by atoms with Gasteiger partial charge in [0.15, 0.2) is 0 Å². The Morgan fingerprint density at radius 1 is 1.57 bits per heavy atom. The molecule has 0 aromatic carbocycles. The molecular formula is C11H24N2O. The van der Waals surface area contributed by atoms with Gasteiger partial charge < -0.3 is 15.8 Å². The Kier molecular flexibility index (Phi) is 4.85. The summed E-state index contributed by atoms with van der Waals surface area (Å²) in [5.41, 5.74) is 5.87. The molecule has 0 bridgehead atoms. The molecule has 1 aliphatic heterocycles. The van der Waals surface area contributed by atoms with Gasteiger partial charge in [-0.2, -0.15) is 0 Å². The molecular weight excluding hydrogens is 176 g/mol.